The zero-order valence-corrected chi connectivity index (χ0v) is 15.1. The molecule has 1 saturated heterocycles. The number of aromatic nitrogens is 4. The molecule has 1 aliphatic heterocycles. The quantitative estimate of drug-likeness (QED) is 0.746. The molecule has 4 rings (SSSR count). The van der Waals surface area contributed by atoms with Crippen molar-refractivity contribution in [2.45, 2.75) is 13.0 Å². The Kier molecular flexibility index (Phi) is 4.48. The second-order valence-corrected chi connectivity index (χ2v) is 7.15. The summed E-state index contributed by atoms with van der Waals surface area (Å²) in [5, 5.41) is 17.4. The van der Waals surface area contributed by atoms with E-state index in [9.17, 15) is 4.79 Å². The molecule has 1 unspecified atom stereocenters. The molecule has 2 aromatic heterocycles. The van der Waals surface area contributed by atoms with Crippen molar-refractivity contribution in [2.75, 3.05) is 31.1 Å². The summed E-state index contributed by atoms with van der Waals surface area (Å²) in [6.45, 7) is 5.54. The molecule has 1 fully saturated rings. The maximum absolute atomic E-state index is 11.0. The molecule has 0 amide bonds. The summed E-state index contributed by atoms with van der Waals surface area (Å²) >= 11 is 1.13. The third kappa shape index (κ3) is 3.23. The van der Waals surface area contributed by atoms with Gasteiger partial charge in [0.25, 0.3) is 0 Å². The van der Waals surface area contributed by atoms with Crippen LogP contribution in [0.15, 0.2) is 30.6 Å². The molecule has 0 aliphatic carbocycles. The standard InChI is InChI=1S/C17H18N6O2S/c1-11(12-2-3-13-14(10-12)19-5-4-18-13)22-6-8-23(9-7-22)17-21-20-15(26-17)16(24)25/h2-5,10-11H,6-9H2,1H3,(H,24,25). The minimum absolute atomic E-state index is 0.0353. The Labute approximate surface area is 154 Å². The third-order valence-electron chi connectivity index (χ3n) is 4.71. The number of hydrogen-bond donors (Lipinski definition) is 1. The number of piperazine rings is 1. The van der Waals surface area contributed by atoms with Crippen molar-refractivity contribution in [1.29, 1.82) is 0 Å². The molecule has 3 heterocycles. The number of rotatable bonds is 4. The molecule has 0 saturated carbocycles. The molecule has 26 heavy (non-hydrogen) atoms. The lowest BCUT2D eigenvalue weighted by Gasteiger charge is -2.38. The maximum atomic E-state index is 11.0. The van der Waals surface area contributed by atoms with Crippen molar-refractivity contribution in [1.82, 2.24) is 25.1 Å². The second-order valence-electron chi connectivity index (χ2n) is 6.20. The Hall–Kier alpha value is -2.65. The van der Waals surface area contributed by atoms with E-state index in [0.717, 1.165) is 48.5 Å². The van der Waals surface area contributed by atoms with Crippen molar-refractivity contribution in [3.05, 3.63) is 41.2 Å². The van der Waals surface area contributed by atoms with E-state index in [1.165, 1.54) is 5.56 Å². The molecule has 8 nitrogen and oxygen atoms in total. The Morgan fingerprint density at radius 3 is 2.54 bits per heavy atom. The third-order valence-corrected chi connectivity index (χ3v) is 5.68. The summed E-state index contributed by atoms with van der Waals surface area (Å²) in [5.74, 6) is -1.03. The lowest BCUT2D eigenvalue weighted by Crippen LogP contribution is -2.47. The fourth-order valence-corrected chi connectivity index (χ4v) is 3.92. The van der Waals surface area contributed by atoms with E-state index < -0.39 is 5.97 Å². The van der Waals surface area contributed by atoms with Crippen LogP contribution in [0.5, 0.6) is 0 Å². The first-order valence-electron chi connectivity index (χ1n) is 8.38. The molecule has 1 aliphatic rings. The average Bonchev–Trinajstić information content (AvgIpc) is 3.18. The van der Waals surface area contributed by atoms with Gasteiger partial charge in [0.1, 0.15) is 0 Å². The van der Waals surface area contributed by atoms with E-state index in [1.807, 2.05) is 6.07 Å². The normalized spacial score (nSPS) is 16.7. The van der Waals surface area contributed by atoms with Crippen molar-refractivity contribution in [2.24, 2.45) is 0 Å². The van der Waals surface area contributed by atoms with Gasteiger partial charge >= 0.3 is 5.97 Å². The van der Waals surface area contributed by atoms with E-state index >= 15 is 0 Å². The largest absolute Gasteiger partial charge is 0.476 e. The summed E-state index contributed by atoms with van der Waals surface area (Å²) in [6, 6.07) is 6.49. The van der Waals surface area contributed by atoms with Crippen molar-refractivity contribution in [3.63, 3.8) is 0 Å². The van der Waals surface area contributed by atoms with E-state index in [1.54, 1.807) is 12.4 Å². The van der Waals surface area contributed by atoms with Gasteiger partial charge in [0.2, 0.25) is 10.1 Å². The molecule has 1 N–H and O–H groups in total. The number of carboxylic acids is 1. The van der Waals surface area contributed by atoms with E-state index in [2.05, 4.69) is 49.0 Å². The topological polar surface area (TPSA) is 95.3 Å². The first-order valence-corrected chi connectivity index (χ1v) is 9.20. The van der Waals surface area contributed by atoms with Crippen molar-refractivity contribution >= 4 is 33.5 Å². The van der Waals surface area contributed by atoms with Crippen LogP contribution < -0.4 is 4.90 Å². The van der Waals surface area contributed by atoms with Gasteiger partial charge in [0.15, 0.2) is 0 Å². The molecule has 1 atom stereocenters. The Balaban J connectivity index is 1.43. The molecule has 0 spiro atoms. The van der Waals surface area contributed by atoms with Gasteiger partial charge in [-0.1, -0.05) is 17.4 Å². The van der Waals surface area contributed by atoms with E-state index in [0.29, 0.717) is 5.13 Å². The highest BCUT2D eigenvalue weighted by Gasteiger charge is 2.25. The smallest absolute Gasteiger partial charge is 0.367 e. The highest BCUT2D eigenvalue weighted by Crippen LogP contribution is 2.26. The number of anilines is 1. The zero-order valence-electron chi connectivity index (χ0n) is 14.2. The van der Waals surface area contributed by atoms with Gasteiger partial charge in [0, 0.05) is 44.6 Å². The van der Waals surface area contributed by atoms with Crippen LogP contribution in [0.4, 0.5) is 5.13 Å². The number of carbonyl (C=O) groups is 1. The van der Waals surface area contributed by atoms with Crippen LogP contribution in [0.25, 0.3) is 11.0 Å². The van der Waals surface area contributed by atoms with Crippen LogP contribution in [0, 0.1) is 0 Å². The Morgan fingerprint density at radius 2 is 1.85 bits per heavy atom. The van der Waals surface area contributed by atoms with Gasteiger partial charge in [-0.15, -0.1) is 10.2 Å². The highest BCUT2D eigenvalue weighted by molar-refractivity contribution is 7.17. The van der Waals surface area contributed by atoms with Gasteiger partial charge in [0.05, 0.1) is 11.0 Å². The van der Waals surface area contributed by atoms with Crippen LogP contribution in [-0.2, 0) is 0 Å². The molecule has 3 aromatic rings. The number of nitrogens with zero attached hydrogens (tertiary/aromatic N) is 6. The minimum atomic E-state index is -1.03. The van der Waals surface area contributed by atoms with E-state index in [-0.39, 0.29) is 11.0 Å². The van der Waals surface area contributed by atoms with Crippen molar-refractivity contribution in [3.8, 4) is 0 Å². The number of carboxylic acid groups (broad SMARTS) is 1. The minimum Gasteiger partial charge on any atom is -0.476 e. The molecular formula is C17H18N6O2S. The first-order chi connectivity index (χ1) is 12.6. The predicted octanol–water partition coefficient (Wildman–Crippen LogP) is 2.06. The summed E-state index contributed by atoms with van der Waals surface area (Å²) in [7, 11) is 0. The van der Waals surface area contributed by atoms with Gasteiger partial charge in [-0.05, 0) is 24.6 Å². The zero-order chi connectivity index (χ0) is 18.1. The first kappa shape index (κ1) is 16.8. The molecule has 0 bridgehead atoms. The number of benzene rings is 1. The van der Waals surface area contributed by atoms with E-state index in [4.69, 9.17) is 5.11 Å². The van der Waals surface area contributed by atoms with Crippen LogP contribution in [-0.4, -0.2) is 62.3 Å². The van der Waals surface area contributed by atoms with Gasteiger partial charge in [-0.25, -0.2) is 4.79 Å². The Bertz CT molecular complexity index is 938. The molecule has 0 radical (unpaired) electrons. The molecule has 134 valence electrons. The highest BCUT2D eigenvalue weighted by atomic mass is 32.1. The molecule has 1 aromatic carbocycles. The average molecular weight is 370 g/mol. The number of aromatic carboxylic acids is 1. The summed E-state index contributed by atoms with van der Waals surface area (Å²) < 4.78 is 0. The Morgan fingerprint density at radius 1 is 1.12 bits per heavy atom. The van der Waals surface area contributed by atoms with Gasteiger partial charge in [-0.2, -0.15) is 0 Å². The number of fused-ring (bicyclic) bond motifs is 1. The number of hydrogen-bond acceptors (Lipinski definition) is 8. The lowest BCUT2D eigenvalue weighted by molar-refractivity contribution is 0.0695. The van der Waals surface area contributed by atoms with Crippen LogP contribution in [0.1, 0.15) is 28.3 Å². The summed E-state index contributed by atoms with van der Waals surface area (Å²) in [6.07, 6.45) is 3.41. The fraction of sp³-hybridized carbons (Fsp3) is 0.353. The van der Waals surface area contributed by atoms with Gasteiger partial charge < -0.3 is 10.0 Å². The maximum Gasteiger partial charge on any atom is 0.367 e. The second kappa shape index (κ2) is 6.93. The fourth-order valence-electron chi connectivity index (χ4n) is 3.18. The van der Waals surface area contributed by atoms with Crippen LogP contribution in [0.3, 0.4) is 0 Å². The molecule has 9 heteroatoms. The lowest BCUT2D eigenvalue weighted by atomic mass is 10.1. The van der Waals surface area contributed by atoms with Crippen LogP contribution in [0.2, 0.25) is 0 Å². The predicted molar refractivity (Wildman–Crippen MR) is 98.6 cm³/mol. The summed E-state index contributed by atoms with van der Waals surface area (Å²) in [5.41, 5.74) is 3.03. The summed E-state index contributed by atoms with van der Waals surface area (Å²) in [4.78, 5) is 24.2. The van der Waals surface area contributed by atoms with Crippen molar-refractivity contribution < 1.29 is 9.90 Å². The molecular weight excluding hydrogens is 352 g/mol. The monoisotopic (exact) mass is 370 g/mol. The SMILES string of the molecule is CC(c1ccc2nccnc2c1)N1CCN(c2nnc(C(=O)O)s2)CC1. The van der Waals surface area contributed by atoms with Crippen LogP contribution >= 0.6 is 11.3 Å². The van der Waals surface area contributed by atoms with Gasteiger partial charge in [-0.3, -0.25) is 14.9 Å².